The summed E-state index contributed by atoms with van der Waals surface area (Å²) in [5.41, 5.74) is 3.76. The summed E-state index contributed by atoms with van der Waals surface area (Å²) in [6, 6.07) is 10.4. The van der Waals surface area contributed by atoms with Crippen molar-refractivity contribution < 1.29 is 0 Å². The van der Waals surface area contributed by atoms with Crippen molar-refractivity contribution in [2.45, 2.75) is 13.8 Å². The molecule has 0 spiro atoms. The maximum absolute atomic E-state index is 4.39. The molecular weight excluding hydrogens is 276 g/mol. The van der Waals surface area contributed by atoms with Gasteiger partial charge in [0.15, 0.2) is 0 Å². The monoisotopic (exact) mass is 290 g/mol. The van der Waals surface area contributed by atoms with Crippen LogP contribution in [0.25, 0.3) is 0 Å². The molecule has 0 bridgehead atoms. The maximum atomic E-state index is 4.39. The van der Waals surface area contributed by atoms with Gasteiger partial charge in [-0.05, 0) is 65.2 Å². The number of anilines is 2. The molecule has 2 aromatic rings. The van der Waals surface area contributed by atoms with Crippen LogP contribution < -0.4 is 4.90 Å². The van der Waals surface area contributed by atoms with Crippen LogP contribution in [-0.4, -0.2) is 12.0 Å². The third kappa shape index (κ3) is 2.67. The summed E-state index contributed by atoms with van der Waals surface area (Å²) in [5.74, 6) is 0.941. The number of pyridine rings is 1. The zero-order valence-electron chi connectivity index (χ0n) is 10.2. The number of rotatable bonds is 2. The zero-order chi connectivity index (χ0) is 12.4. The second-order valence-electron chi connectivity index (χ2n) is 4.16. The zero-order valence-corrected chi connectivity index (χ0v) is 11.8. The molecule has 17 heavy (non-hydrogen) atoms. The predicted molar refractivity (Wildman–Crippen MR) is 75.9 cm³/mol. The molecule has 1 aromatic carbocycles. The van der Waals surface area contributed by atoms with Gasteiger partial charge in [-0.3, -0.25) is 0 Å². The molecule has 88 valence electrons. The Labute approximate surface area is 110 Å². The third-order valence-electron chi connectivity index (χ3n) is 2.93. The first-order valence-corrected chi connectivity index (χ1v) is 6.30. The fourth-order valence-electron chi connectivity index (χ4n) is 1.63. The quantitative estimate of drug-likeness (QED) is 0.823. The molecule has 3 heteroatoms. The van der Waals surface area contributed by atoms with Crippen LogP contribution in [0.2, 0.25) is 0 Å². The lowest BCUT2D eigenvalue weighted by atomic mass is 10.1. The summed E-state index contributed by atoms with van der Waals surface area (Å²) in [6.07, 6.45) is 1.81. The van der Waals surface area contributed by atoms with E-state index in [-0.39, 0.29) is 0 Å². The molecule has 0 fully saturated rings. The van der Waals surface area contributed by atoms with Gasteiger partial charge in [-0.15, -0.1) is 0 Å². The van der Waals surface area contributed by atoms with Crippen molar-refractivity contribution >= 4 is 27.4 Å². The molecule has 1 aromatic heterocycles. The number of aromatic nitrogens is 1. The maximum Gasteiger partial charge on any atom is 0.132 e. The highest BCUT2D eigenvalue weighted by molar-refractivity contribution is 9.10. The molecule has 0 saturated heterocycles. The summed E-state index contributed by atoms with van der Waals surface area (Å²) < 4.78 is 0.995. The van der Waals surface area contributed by atoms with E-state index in [1.807, 2.05) is 25.4 Å². The second-order valence-corrected chi connectivity index (χ2v) is 5.08. The van der Waals surface area contributed by atoms with Crippen molar-refractivity contribution in [2.24, 2.45) is 0 Å². The van der Waals surface area contributed by atoms with Gasteiger partial charge in [0, 0.05) is 23.4 Å². The number of aryl methyl sites for hydroxylation is 2. The molecule has 2 rings (SSSR count). The van der Waals surface area contributed by atoms with Crippen LogP contribution in [0.3, 0.4) is 0 Å². The topological polar surface area (TPSA) is 16.1 Å². The number of hydrogen-bond donors (Lipinski definition) is 0. The summed E-state index contributed by atoms with van der Waals surface area (Å²) in [7, 11) is 2.03. The van der Waals surface area contributed by atoms with Crippen LogP contribution in [0.15, 0.2) is 41.0 Å². The Morgan fingerprint density at radius 3 is 2.41 bits per heavy atom. The fourth-order valence-corrected chi connectivity index (χ4v) is 1.87. The number of hydrogen-bond acceptors (Lipinski definition) is 2. The van der Waals surface area contributed by atoms with E-state index >= 15 is 0 Å². The van der Waals surface area contributed by atoms with Crippen LogP contribution in [0.5, 0.6) is 0 Å². The Morgan fingerprint density at radius 2 is 1.82 bits per heavy atom. The lowest BCUT2D eigenvalue weighted by Gasteiger charge is -2.19. The van der Waals surface area contributed by atoms with Crippen molar-refractivity contribution in [3.63, 3.8) is 0 Å². The van der Waals surface area contributed by atoms with E-state index in [4.69, 9.17) is 0 Å². The Balaban J connectivity index is 2.33. The van der Waals surface area contributed by atoms with E-state index in [1.54, 1.807) is 0 Å². The highest BCUT2D eigenvalue weighted by atomic mass is 79.9. The minimum absolute atomic E-state index is 0.941. The van der Waals surface area contributed by atoms with Gasteiger partial charge in [-0.1, -0.05) is 6.07 Å². The Bertz CT molecular complexity index is 520. The molecule has 0 aliphatic rings. The van der Waals surface area contributed by atoms with E-state index in [2.05, 4.69) is 57.9 Å². The Kier molecular flexibility index (Phi) is 3.48. The molecule has 0 unspecified atom stereocenters. The first-order valence-electron chi connectivity index (χ1n) is 5.50. The highest BCUT2D eigenvalue weighted by Crippen LogP contribution is 2.24. The normalized spacial score (nSPS) is 10.4. The Hall–Kier alpha value is -1.35. The van der Waals surface area contributed by atoms with Gasteiger partial charge in [-0.2, -0.15) is 0 Å². The minimum Gasteiger partial charge on any atom is -0.329 e. The largest absolute Gasteiger partial charge is 0.329 e. The van der Waals surface area contributed by atoms with E-state index in [0.717, 1.165) is 16.0 Å². The van der Waals surface area contributed by atoms with Gasteiger partial charge >= 0.3 is 0 Å². The van der Waals surface area contributed by atoms with Gasteiger partial charge in [0.2, 0.25) is 0 Å². The molecule has 2 nitrogen and oxygen atoms in total. The molecule has 0 aliphatic heterocycles. The standard InChI is InChI=1S/C14H15BrN2/c1-10-4-6-13(8-11(10)2)17(3)14-7-5-12(15)9-16-14/h4-9H,1-3H3. The number of benzene rings is 1. The SMILES string of the molecule is Cc1ccc(N(C)c2ccc(Br)cn2)cc1C. The smallest absolute Gasteiger partial charge is 0.132 e. The Morgan fingerprint density at radius 1 is 1.06 bits per heavy atom. The predicted octanol–water partition coefficient (Wildman–Crippen LogP) is 4.23. The van der Waals surface area contributed by atoms with Gasteiger partial charge in [0.25, 0.3) is 0 Å². The van der Waals surface area contributed by atoms with E-state index < -0.39 is 0 Å². The molecular formula is C14H15BrN2. The fraction of sp³-hybridized carbons (Fsp3) is 0.214. The third-order valence-corrected chi connectivity index (χ3v) is 3.40. The van der Waals surface area contributed by atoms with Crippen molar-refractivity contribution in [3.05, 3.63) is 52.1 Å². The average Bonchev–Trinajstić information content (AvgIpc) is 2.33. The van der Waals surface area contributed by atoms with Gasteiger partial charge in [-0.25, -0.2) is 4.98 Å². The molecule has 1 heterocycles. The molecule has 0 saturated carbocycles. The number of halogens is 1. The summed E-state index contributed by atoms with van der Waals surface area (Å²) in [5, 5.41) is 0. The molecule has 0 N–H and O–H groups in total. The minimum atomic E-state index is 0.941. The average molecular weight is 291 g/mol. The van der Waals surface area contributed by atoms with E-state index in [9.17, 15) is 0 Å². The van der Waals surface area contributed by atoms with E-state index in [0.29, 0.717) is 0 Å². The van der Waals surface area contributed by atoms with Crippen molar-refractivity contribution in [1.29, 1.82) is 0 Å². The van der Waals surface area contributed by atoms with Crippen molar-refractivity contribution in [3.8, 4) is 0 Å². The van der Waals surface area contributed by atoms with Gasteiger partial charge in [0.05, 0.1) is 0 Å². The van der Waals surface area contributed by atoms with Crippen molar-refractivity contribution in [1.82, 2.24) is 4.98 Å². The summed E-state index contributed by atoms with van der Waals surface area (Å²) >= 11 is 3.39. The summed E-state index contributed by atoms with van der Waals surface area (Å²) in [6.45, 7) is 4.25. The van der Waals surface area contributed by atoms with Crippen LogP contribution in [0.1, 0.15) is 11.1 Å². The van der Waals surface area contributed by atoms with E-state index in [1.165, 1.54) is 11.1 Å². The van der Waals surface area contributed by atoms with Crippen LogP contribution in [-0.2, 0) is 0 Å². The molecule has 0 amide bonds. The highest BCUT2D eigenvalue weighted by Gasteiger charge is 2.05. The first kappa shape index (κ1) is 12.1. The second kappa shape index (κ2) is 4.88. The van der Waals surface area contributed by atoms with Crippen LogP contribution >= 0.6 is 15.9 Å². The van der Waals surface area contributed by atoms with Gasteiger partial charge in [0.1, 0.15) is 5.82 Å². The van der Waals surface area contributed by atoms with Crippen LogP contribution in [0, 0.1) is 13.8 Å². The summed E-state index contributed by atoms with van der Waals surface area (Å²) in [4.78, 5) is 6.47. The lowest BCUT2D eigenvalue weighted by Crippen LogP contribution is -2.11. The number of nitrogens with zero attached hydrogens (tertiary/aromatic N) is 2. The van der Waals surface area contributed by atoms with Crippen LogP contribution in [0.4, 0.5) is 11.5 Å². The lowest BCUT2D eigenvalue weighted by molar-refractivity contribution is 1.12. The molecule has 0 radical (unpaired) electrons. The molecule has 0 aliphatic carbocycles. The van der Waals surface area contributed by atoms with Crippen molar-refractivity contribution in [2.75, 3.05) is 11.9 Å². The molecule has 0 atom stereocenters. The van der Waals surface area contributed by atoms with Gasteiger partial charge < -0.3 is 4.90 Å². The first-order chi connectivity index (χ1) is 8.08.